The number of rotatable bonds is 9. The first kappa shape index (κ1) is 30.4. The number of halogens is 1. The van der Waals surface area contributed by atoms with Crippen molar-refractivity contribution in [2.75, 3.05) is 13.2 Å². The minimum absolute atomic E-state index is 0.0817. The Labute approximate surface area is 257 Å². The average Bonchev–Trinajstić information content (AvgIpc) is 3.23. The second-order valence-corrected chi connectivity index (χ2v) is 11.3. The van der Waals surface area contributed by atoms with Crippen LogP contribution in [0.5, 0.6) is 11.5 Å². The number of aryl methyl sites for hydroxylation is 2. The van der Waals surface area contributed by atoms with Crippen LogP contribution in [0.25, 0.3) is 6.08 Å². The van der Waals surface area contributed by atoms with Crippen LogP contribution in [0.2, 0.25) is 0 Å². The van der Waals surface area contributed by atoms with Crippen LogP contribution in [-0.2, 0) is 16.1 Å². The second-order valence-electron chi connectivity index (χ2n) is 9.13. The molecule has 1 aliphatic rings. The van der Waals surface area contributed by atoms with E-state index < -0.39 is 11.9 Å². The number of aliphatic hydroxyl groups is 1. The van der Waals surface area contributed by atoms with Crippen molar-refractivity contribution < 1.29 is 28.9 Å². The lowest BCUT2D eigenvalue weighted by molar-refractivity contribution is -0.138. The van der Waals surface area contributed by atoms with E-state index in [4.69, 9.17) is 14.2 Å². The molecular formula is C32H30INO6S. The van der Waals surface area contributed by atoms with Crippen LogP contribution in [0.15, 0.2) is 81.9 Å². The Hall–Kier alpha value is -3.57. The Morgan fingerprint density at radius 1 is 1.00 bits per heavy atom. The fourth-order valence-electron chi connectivity index (χ4n) is 4.02. The van der Waals surface area contributed by atoms with Crippen LogP contribution < -0.4 is 9.47 Å². The number of nitrogens with zero attached hydrogens (tertiary/aromatic N) is 1. The summed E-state index contributed by atoms with van der Waals surface area (Å²) < 4.78 is 18.0. The summed E-state index contributed by atoms with van der Waals surface area (Å²) in [6.07, 6.45) is 1.72. The number of aliphatic hydroxyl groups excluding tert-OH is 1. The van der Waals surface area contributed by atoms with Crippen molar-refractivity contribution >= 4 is 57.3 Å². The molecule has 212 valence electrons. The highest BCUT2D eigenvalue weighted by molar-refractivity contribution is 14.1. The first-order valence-electron chi connectivity index (χ1n) is 13.1. The first-order valence-corrected chi connectivity index (χ1v) is 14.9. The van der Waals surface area contributed by atoms with Crippen molar-refractivity contribution in [3.05, 3.63) is 108 Å². The smallest absolute Gasteiger partial charge is 0.344 e. The third kappa shape index (κ3) is 7.39. The molecule has 7 nitrogen and oxygen atoms in total. The van der Waals surface area contributed by atoms with E-state index in [9.17, 15) is 14.7 Å². The monoisotopic (exact) mass is 683 g/mol. The summed E-state index contributed by atoms with van der Waals surface area (Å²) in [6.45, 7) is 8.34. The SMILES string of the molecule is CCOC(=O)C1=C(O)/C(=C/c2cc(I)c(OCc3ccc(C)cc3)c(OCC)c2)SC1=NC(=O)c1ccccc1C. The molecule has 0 unspecified atom stereocenters. The summed E-state index contributed by atoms with van der Waals surface area (Å²) in [6, 6.07) is 18.9. The number of benzene rings is 3. The molecule has 0 spiro atoms. The molecule has 0 fully saturated rings. The maximum absolute atomic E-state index is 13.0. The second kappa shape index (κ2) is 13.9. The zero-order chi connectivity index (χ0) is 29.5. The molecule has 0 bridgehead atoms. The number of carbonyl (C=O) groups excluding carboxylic acids is 2. The van der Waals surface area contributed by atoms with E-state index in [-0.39, 0.29) is 23.0 Å². The van der Waals surface area contributed by atoms with Crippen molar-refractivity contribution in [1.82, 2.24) is 0 Å². The van der Waals surface area contributed by atoms with Crippen molar-refractivity contribution in [3.63, 3.8) is 0 Å². The van der Waals surface area contributed by atoms with Gasteiger partial charge in [0.25, 0.3) is 5.91 Å². The Morgan fingerprint density at radius 3 is 2.41 bits per heavy atom. The third-order valence-electron chi connectivity index (χ3n) is 6.08. The van der Waals surface area contributed by atoms with Crippen LogP contribution >= 0.6 is 34.4 Å². The zero-order valence-electron chi connectivity index (χ0n) is 23.2. The molecular weight excluding hydrogens is 653 g/mol. The lowest BCUT2D eigenvalue weighted by Gasteiger charge is -2.15. The van der Waals surface area contributed by atoms with E-state index in [0.29, 0.717) is 40.7 Å². The molecule has 0 aliphatic carbocycles. The molecule has 0 aromatic heterocycles. The van der Waals surface area contributed by atoms with Crippen LogP contribution in [0.4, 0.5) is 0 Å². The largest absolute Gasteiger partial charge is 0.506 e. The number of hydrogen-bond donors (Lipinski definition) is 1. The molecule has 4 rings (SSSR count). The Morgan fingerprint density at radius 2 is 1.73 bits per heavy atom. The standard InChI is InChI=1S/C32H30INO6S/c1-5-38-25-16-22(15-24(33)29(25)40-18-21-13-11-19(3)12-14-21)17-26-28(35)27(32(37)39-6-2)31(41-26)34-30(36)23-10-8-7-9-20(23)4/h7-17,35H,5-6,18H2,1-4H3/b26-17-,34-31?. The van der Waals surface area contributed by atoms with Gasteiger partial charge in [0.1, 0.15) is 23.0 Å². The molecule has 1 amide bonds. The summed E-state index contributed by atoms with van der Waals surface area (Å²) in [4.78, 5) is 30.3. The first-order chi connectivity index (χ1) is 19.7. The maximum Gasteiger partial charge on any atom is 0.344 e. The average molecular weight is 684 g/mol. The molecule has 0 radical (unpaired) electrons. The van der Waals surface area contributed by atoms with Gasteiger partial charge in [0, 0.05) is 5.56 Å². The highest BCUT2D eigenvalue weighted by Gasteiger charge is 2.34. The van der Waals surface area contributed by atoms with Crippen LogP contribution in [0.1, 0.15) is 46.5 Å². The predicted octanol–water partition coefficient (Wildman–Crippen LogP) is 7.59. The molecule has 0 atom stereocenters. The molecule has 3 aromatic rings. The van der Waals surface area contributed by atoms with Gasteiger partial charge in [0.15, 0.2) is 11.5 Å². The minimum atomic E-state index is -0.748. The number of esters is 1. The van der Waals surface area contributed by atoms with E-state index in [0.717, 1.165) is 26.5 Å². The van der Waals surface area contributed by atoms with Gasteiger partial charge in [-0.15, -0.1) is 0 Å². The van der Waals surface area contributed by atoms with Crippen molar-refractivity contribution in [2.45, 2.75) is 34.3 Å². The van der Waals surface area contributed by atoms with Gasteiger partial charge in [0.05, 0.1) is 21.7 Å². The van der Waals surface area contributed by atoms with E-state index in [1.54, 1.807) is 25.1 Å². The number of amides is 1. The van der Waals surface area contributed by atoms with Gasteiger partial charge >= 0.3 is 5.97 Å². The third-order valence-corrected chi connectivity index (χ3v) is 7.90. The Kier molecular flexibility index (Phi) is 10.3. The fourth-order valence-corrected chi connectivity index (χ4v) is 5.82. The summed E-state index contributed by atoms with van der Waals surface area (Å²) >= 11 is 3.22. The van der Waals surface area contributed by atoms with E-state index in [1.165, 1.54) is 5.56 Å². The maximum atomic E-state index is 13.0. The number of aliphatic imine (C=N–C) groups is 1. The summed E-state index contributed by atoms with van der Waals surface area (Å²) in [7, 11) is 0. The number of hydrogen-bond acceptors (Lipinski definition) is 7. The van der Waals surface area contributed by atoms with Crippen molar-refractivity contribution in [3.8, 4) is 11.5 Å². The predicted molar refractivity (Wildman–Crippen MR) is 171 cm³/mol. The van der Waals surface area contributed by atoms with Crippen LogP contribution in [0, 0.1) is 17.4 Å². The molecule has 0 saturated carbocycles. The summed E-state index contributed by atoms with van der Waals surface area (Å²) in [5.74, 6) is -0.379. The fraction of sp³-hybridized carbons (Fsp3) is 0.219. The van der Waals surface area contributed by atoms with E-state index >= 15 is 0 Å². The van der Waals surface area contributed by atoms with Crippen LogP contribution in [0.3, 0.4) is 0 Å². The molecule has 0 saturated heterocycles. The van der Waals surface area contributed by atoms with Crippen LogP contribution in [-0.4, -0.2) is 35.2 Å². The van der Waals surface area contributed by atoms with Gasteiger partial charge in [0.2, 0.25) is 0 Å². The number of ether oxygens (including phenoxy) is 3. The quantitative estimate of drug-likeness (QED) is 0.184. The van der Waals surface area contributed by atoms with Gasteiger partial charge in [-0.1, -0.05) is 59.8 Å². The summed E-state index contributed by atoms with van der Waals surface area (Å²) in [5, 5.41) is 11.2. The highest BCUT2D eigenvalue weighted by atomic mass is 127. The topological polar surface area (TPSA) is 94.4 Å². The molecule has 3 aromatic carbocycles. The van der Waals surface area contributed by atoms with Gasteiger partial charge < -0.3 is 19.3 Å². The number of carbonyl (C=O) groups is 2. The van der Waals surface area contributed by atoms with Gasteiger partial charge in [-0.3, -0.25) is 4.79 Å². The van der Waals surface area contributed by atoms with Crippen molar-refractivity contribution in [1.29, 1.82) is 0 Å². The molecule has 1 N–H and O–H groups in total. The molecule has 1 aliphatic heterocycles. The minimum Gasteiger partial charge on any atom is -0.506 e. The van der Waals surface area contributed by atoms with Gasteiger partial charge in [-0.2, -0.15) is 0 Å². The normalized spacial score (nSPS) is 15.0. The lowest BCUT2D eigenvalue weighted by Crippen LogP contribution is -2.14. The molecule has 9 heteroatoms. The lowest BCUT2D eigenvalue weighted by atomic mass is 10.1. The van der Waals surface area contributed by atoms with E-state index in [2.05, 4.69) is 27.6 Å². The van der Waals surface area contributed by atoms with Gasteiger partial charge in [-0.25, -0.2) is 9.79 Å². The zero-order valence-corrected chi connectivity index (χ0v) is 26.2. The molecule has 1 heterocycles. The van der Waals surface area contributed by atoms with Gasteiger partial charge in [-0.05, 0) is 91.3 Å². The Bertz CT molecular complexity index is 1560. The van der Waals surface area contributed by atoms with Crippen molar-refractivity contribution in [2.24, 2.45) is 4.99 Å². The number of thioether (sulfide) groups is 1. The molecule has 41 heavy (non-hydrogen) atoms. The Balaban J connectivity index is 1.68. The summed E-state index contributed by atoms with van der Waals surface area (Å²) in [5.41, 5.74) is 3.96. The highest BCUT2D eigenvalue weighted by Crippen LogP contribution is 2.41. The van der Waals surface area contributed by atoms with E-state index in [1.807, 2.05) is 69.3 Å².